The summed E-state index contributed by atoms with van der Waals surface area (Å²) in [5.74, 6) is 0. The first-order valence-electron chi connectivity index (χ1n) is 3.01. The van der Waals surface area contributed by atoms with Crippen molar-refractivity contribution in [3.8, 4) is 0 Å². The summed E-state index contributed by atoms with van der Waals surface area (Å²) in [4.78, 5) is 0. The Kier molecular flexibility index (Phi) is 8.09. The summed E-state index contributed by atoms with van der Waals surface area (Å²) in [5.41, 5.74) is 5.13. The van der Waals surface area contributed by atoms with Crippen LogP contribution < -0.4 is 5.73 Å². The number of hydrogen-bond donors (Lipinski definition) is 1. The van der Waals surface area contributed by atoms with Crippen molar-refractivity contribution in [2.45, 2.75) is 6.42 Å². The molecule has 11 heavy (non-hydrogen) atoms. The van der Waals surface area contributed by atoms with E-state index in [1.165, 1.54) is 0 Å². The normalized spacial score (nSPS) is 12.8. The van der Waals surface area contributed by atoms with Gasteiger partial charge in [0.05, 0.1) is 6.61 Å². The molecule has 2 unspecified atom stereocenters. The fourth-order valence-corrected chi connectivity index (χ4v) is 2.58. The summed E-state index contributed by atoms with van der Waals surface area (Å²) < 4.78 is 16.0. The van der Waals surface area contributed by atoms with E-state index in [0.29, 0.717) is 6.61 Å². The molecule has 0 radical (unpaired) electrons. The van der Waals surface area contributed by atoms with Crippen molar-refractivity contribution < 1.29 is 9.09 Å². The van der Waals surface area contributed by atoms with Gasteiger partial charge in [0.1, 0.15) is 4.32 Å². The van der Waals surface area contributed by atoms with Gasteiger partial charge in [-0.15, -0.1) is 9.24 Å². The molecule has 0 fully saturated rings. The second kappa shape index (κ2) is 7.51. The first-order chi connectivity index (χ1) is 5.16. The lowest BCUT2D eigenvalue weighted by molar-refractivity contribution is 0.340. The van der Waals surface area contributed by atoms with Crippen LogP contribution in [0.3, 0.4) is 0 Å². The molecular formula is C4H11NO2P2S2. The van der Waals surface area contributed by atoms with Gasteiger partial charge in [-0.1, -0.05) is 12.2 Å². The molecular weight excluding hydrogens is 220 g/mol. The Labute approximate surface area is 78.6 Å². The van der Waals surface area contributed by atoms with Gasteiger partial charge in [-0.05, 0) is 24.0 Å². The van der Waals surface area contributed by atoms with Crippen LogP contribution in [0.15, 0.2) is 0 Å². The van der Waals surface area contributed by atoms with Crippen LogP contribution in [0.25, 0.3) is 0 Å². The fourth-order valence-electron chi connectivity index (χ4n) is 0.350. The van der Waals surface area contributed by atoms with E-state index in [1.807, 2.05) is 0 Å². The summed E-state index contributed by atoms with van der Waals surface area (Å²) in [6.07, 6.45) is 1.84. The van der Waals surface area contributed by atoms with Crippen molar-refractivity contribution in [3.63, 3.8) is 0 Å². The highest BCUT2D eigenvalue weighted by atomic mass is 32.7. The summed E-state index contributed by atoms with van der Waals surface area (Å²) in [7, 11) is 0.497. The van der Waals surface area contributed by atoms with Gasteiger partial charge in [-0.25, -0.2) is 0 Å². The fraction of sp³-hybridized carbons (Fsp3) is 0.750. The van der Waals surface area contributed by atoms with E-state index in [4.69, 9.17) is 10.3 Å². The lowest BCUT2D eigenvalue weighted by Crippen LogP contribution is -1.99. The predicted octanol–water partition coefficient (Wildman–Crippen LogP) is 1.63. The van der Waals surface area contributed by atoms with Crippen molar-refractivity contribution in [3.05, 3.63) is 0 Å². The zero-order valence-corrected chi connectivity index (χ0v) is 9.70. The Morgan fingerprint density at radius 2 is 2.45 bits per heavy atom. The summed E-state index contributed by atoms with van der Waals surface area (Å²) in [5, 5.41) is 0. The maximum Gasteiger partial charge on any atom is 0.253 e. The van der Waals surface area contributed by atoms with E-state index in [1.54, 1.807) is 0 Å². The molecule has 0 spiro atoms. The molecule has 0 aliphatic rings. The Morgan fingerprint density at radius 3 is 2.91 bits per heavy atom. The topological polar surface area (TPSA) is 52.3 Å². The van der Waals surface area contributed by atoms with E-state index in [0.717, 1.165) is 24.0 Å². The van der Waals surface area contributed by atoms with Gasteiger partial charge in [0.2, 0.25) is 0 Å². The zero-order chi connectivity index (χ0) is 8.69. The average molecular weight is 231 g/mol. The van der Waals surface area contributed by atoms with Crippen LogP contribution in [0.2, 0.25) is 0 Å². The van der Waals surface area contributed by atoms with Gasteiger partial charge in [-0.3, -0.25) is 4.57 Å². The third-order valence-corrected chi connectivity index (χ3v) is 4.18. The molecule has 66 valence electrons. The largest absolute Gasteiger partial charge is 0.384 e. The molecule has 0 saturated carbocycles. The van der Waals surface area contributed by atoms with Gasteiger partial charge >= 0.3 is 0 Å². The number of rotatable bonds is 5. The molecule has 0 saturated heterocycles. The van der Waals surface area contributed by atoms with E-state index < -0.39 is 7.23 Å². The number of thiocarbonyl (C=S) groups is 1. The second-order valence-corrected chi connectivity index (χ2v) is 5.98. The Morgan fingerprint density at radius 1 is 1.82 bits per heavy atom. The SMILES string of the molecule is NC(=S)S[PH](=O)OCCCP. The van der Waals surface area contributed by atoms with E-state index in [-0.39, 0.29) is 4.32 Å². The molecule has 2 N–H and O–H groups in total. The molecule has 3 nitrogen and oxygen atoms in total. The highest BCUT2D eigenvalue weighted by Crippen LogP contribution is 2.38. The van der Waals surface area contributed by atoms with Gasteiger partial charge < -0.3 is 10.3 Å². The monoisotopic (exact) mass is 231 g/mol. The number of nitrogens with two attached hydrogens (primary N) is 1. The molecule has 2 atom stereocenters. The van der Waals surface area contributed by atoms with Crippen LogP contribution in [0.4, 0.5) is 0 Å². The lowest BCUT2D eigenvalue weighted by atomic mass is 10.5. The molecule has 0 aromatic heterocycles. The molecule has 0 heterocycles. The van der Waals surface area contributed by atoms with Gasteiger partial charge in [-0.2, -0.15) is 0 Å². The van der Waals surface area contributed by atoms with Crippen LogP contribution >= 0.6 is 40.1 Å². The molecule has 0 amide bonds. The zero-order valence-electron chi connectivity index (χ0n) is 5.91. The van der Waals surface area contributed by atoms with Gasteiger partial charge in [0, 0.05) is 0 Å². The van der Waals surface area contributed by atoms with Crippen molar-refractivity contribution in [2.75, 3.05) is 12.8 Å². The molecule has 0 aliphatic heterocycles. The average Bonchev–Trinajstić information content (AvgIpc) is 1.86. The predicted molar refractivity (Wildman–Crippen MR) is 58.5 cm³/mol. The van der Waals surface area contributed by atoms with Crippen LogP contribution in [0.5, 0.6) is 0 Å². The van der Waals surface area contributed by atoms with Crippen molar-refractivity contribution in [2.24, 2.45) is 5.73 Å². The van der Waals surface area contributed by atoms with Crippen LogP contribution in [0.1, 0.15) is 6.42 Å². The molecule has 0 aliphatic carbocycles. The summed E-state index contributed by atoms with van der Waals surface area (Å²) >= 11 is 5.46. The van der Waals surface area contributed by atoms with Crippen molar-refractivity contribution in [1.29, 1.82) is 0 Å². The Balaban J connectivity index is 3.30. The standard InChI is InChI=1S/C4H11NO2P2S2/c5-4(10)11-9(6)7-2-1-3-8/h9H,1-3,8H2,(H2,5,10). The molecule has 0 aromatic rings. The first-order valence-corrected chi connectivity index (χ1v) is 7.09. The highest BCUT2D eigenvalue weighted by Gasteiger charge is 2.00. The minimum absolute atomic E-state index is 0.180. The smallest absolute Gasteiger partial charge is 0.253 e. The maximum atomic E-state index is 10.9. The highest BCUT2D eigenvalue weighted by molar-refractivity contribution is 8.61. The van der Waals surface area contributed by atoms with Gasteiger partial charge in [0.15, 0.2) is 0 Å². The van der Waals surface area contributed by atoms with Crippen molar-refractivity contribution >= 4 is 44.4 Å². The molecule has 0 rings (SSSR count). The quantitative estimate of drug-likeness (QED) is 0.443. The first kappa shape index (κ1) is 11.9. The van der Waals surface area contributed by atoms with Crippen molar-refractivity contribution in [1.82, 2.24) is 0 Å². The number of hydrogen-bond acceptors (Lipinski definition) is 4. The minimum atomic E-state index is -2.07. The van der Waals surface area contributed by atoms with Gasteiger partial charge in [0.25, 0.3) is 7.23 Å². The third-order valence-electron chi connectivity index (χ3n) is 0.752. The van der Waals surface area contributed by atoms with Crippen LogP contribution in [-0.2, 0) is 9.09 Å². The second-order valence-electron chi connectivity index (χ2n) is 1.66. The molecule has 0 bridgehead atoms. The summed E-state index contributed by atoms with van der Waals surface area (Å²) in [6.45, 7) is 0.511. The Bertz CT molecular complexity index is 155. The minimum Gasteiger partial charge on any atom is -0.384 e. The molecule has 0 aromatic carbocycles. The maximum absolute atomic E-state index is 10.9. The summed E-state index contributed by atoms with van der Waals surface area (Å²) in [6, 6.07) is 0. The van der Waals surface area contributed by atoms with E-state index in [2.05, 4.69) is 21.5 Å². The van der Waals surface area contributed by atoms with Crippen LogP contribution in [-0.4, -0.2) is 17.1 Å². The molecule has 7 heteroatoms. The third kappa shape index (κ3) is 8.77. The van der Waals surface area contributed by atoms with E-state index in [9.17, 15) is 4.57 Å². The van der Waals surface area contributed by atoms with E-state index >= 15 is 0 Å². The van der Waals surface area contributed by atoms with Crippen LogP contribution in [0, 0.1) is 0 Å². The Hall–Kier alpha value is 0.860. The lowest BCUT2D eigenvalue weighted by Gasteiger charge is -2.00.